The lowest BCUT2D eigenvalue weighted by Gasteiger charge is -2.22. The van der Waals surface area contributed by atoms with Gasteiger partial charge in [0.15, 0.2) is 0 Å². The fourth-order valence-corrected chi connectivity index (χ4v) is 4.81. The van der Waals surface area contributed by atoms with Gasteiger partial charge >= 0.3 is 0 Å². The molecule has 0 unspecified atom stereocenters. The minimum atomic E-state index is -3.64. The summed E-state index contributed by atoms with van der Waals surface area (Å²) in [5.41, 5.74) is 1.62. The fraction of sp³-hybridized carbons (Fsp3) is 0.261. The average molecular weight is 459 g/mol. The molecule has 2 aromatic carbocycles. The zero-order valence-electron chi connectivity index (χ0n) is 17.4. The lowest BCUT2D eigenvalue weighted by Crippen LogP contribution is -2.32. The Kier molecular flexibility index (Phi) is 8.36. The molecule has 1 N–H and O–H groups in total. The molecule has 3 aromatic rings. The predicted octanol–water partition coefficient (Wildman–Crippen LogP) is 3.56. The van der Waals surface area contributed by atoms with Gasteiger partial charge in [-0.3, -0.25) is 4.79 Å². The largest absolute Gasteiger partial charge is 0.383 e. The molecule has 0 radical (unpaired) electrons. The van der Waals surface area contributed by atoms with Crippen molar-refractivity contribution in [2.45, 2.75) is 17.9 Å². The van der Waals surface area contributed by atoms with E-state index < -0.39 is 10.0 Å². The van der Waals surface area contributed by atoms with Crippen molar-refractivity contribution in [2.75, 3.05) is 26.8 Å². The molecule has 0 saturated carbocycles. The molecule has 0 bridgehead atoms. The van der Waals surface area contributed by atoms with Gasteiger partial charge in [0.25, 0.3) is 5.91 Å². The highest BCUT2D eigenvalue weighted by molar-refractivity contribution is 7.89. The van der Waals surface area contributed by atoms with E-state index >= 15 is 0 Å². The molecule has 0 saturated heterocycles. The van der Waals surface area contributed by atoms with Crippen LogP contribution in [0, 0.1) is 0 Å². The zero-order valence-corrected chi connectivity index (χ0v) is 19.0. The Bertz CT molecular complexity index is 1050. The number of rotatable bonds is 11. The molecule has 31 heavy (non-hydrogen) atoms. The van der Waals surface area contributed by atoms with Crippen LogP contribution >= 0.6 is 11.3 Å². The molecule has 0 aliphatic carbocycles. The van der Waals surface area contributed by atoms with Gasteiger partial charge in [0.1, 0.15) is 0 Å². The van der Waals surface area contributed by atoms with Crippen LogP contribution in [-0.4, -0.2) is 46.0 Å². The van der Waals surface area contributed by atoms with E-state index in [0.717, 1.165) is 16.9 Å². The number of carbonyl (C=O) groups excluding carboxylic acids is 1. The monoisotopic (exact) mass is 458 g/mol. The summed E-state index contributed by atoms with van der Waals surface area (Å²) in [7, 11) is -2.13. The highest BCUT2D eigenvalue weighted by Gasteiger charge is 2.19. The third-order valence-corrected chi connectivity index (χ3v) is 7.08. The van der Waals surface area contributed by atoms with E-state index in [-0.39, 0.29) is 24.0 Å². The summed E-state index contributed by atoms with van der Waals surface area (Å²) >= 11 is 1.61. The van der Waals surface area contributed by atoms with Gasteiger partial charge in [-0.05, 0) is 47.7 Å². The Morgan fingerprint density at radius 3 is 2.42 bits per heavy atom. The van der Waals surface area contributed by atoms with Crippen molar-refractivity contribution in [1.82, 2.24) is 9.62 Å². The van der Waals surface area contributed by atoms with Gasteiger partial charge in [-0.15, -0.1) is 11.3 Å². The summed E-state index contributed by atoms with van der Waals surface area (Å²) < 4.78 is 32.0. The number of amides is 1. The van der Waals surface area contributed by atoms with Gasteiger partial charge < -0.3 is 9.64 Å². The zero-order chi connectivity index (χ0) is 22.1. The van der Waals surface area contributed by atoms with Gasteiger partial charge in [-0.1, -0.05) is 36.4 Å². The summed E-state index contributed by atoms with van der Waals surface area (Å²) in [5.74, 6) is -0.124. The highest BCUT2D eigenvalue weighted by atomic mass is 32.2. The van der Waals surface area contributed by atoms with Crippen LogP contribution in [0.4, 0.5) is 0 Å². The second-order valence-corrected chi connectivity index (χ2v) is 9.76. The van der Waals surface area contributed by atoms with E-state index in [1.54, 1.807) is 28.4 Å². The van der Waals surface area contributed by atoms with Crippen LogP contribution in [0.2, 0.25) is 0 Å². The molecule has 0 spiro atoms. The van der Waals surface area contributed by atoms with Gasteiger partial charge in [0, 0.05) is 30.6 Å². The average Bonchev–Trinajstić information content (AvgIpc) is 3.30. The van der Waals surface area contributed by atoms with Crippen molar-refractivity contribution in [1.29, 1.82) is 0 Å². The number of methoxy groups -OCH3 is 1. The summed E-state index contributed by atoms with van der Waals surface area (Å²) in [6, 6.07) is 20.1. The maximum atomic E-state index is 13.2. The van der Waals surface area contributed by atoms with Crippen molar-refractivity contribution < 1.29 is 17.9 Å². The summed E-state index contributed by atoms with van der Waals surface area (Å²) in [5, 5.41) is 1.99. The second kappa shape index (κ2) is 11.2. The third-order valence-electron chi connectivity index (χ3n) is 4.74. The first-order valence-electron chi connectivity index (χ1n) is 9.94. The summed E-state index contributed by atoms with van der Waals surface area (Å²) in [4.78, 5) is 16.2. The molecule has 0 atom stereocenters. The van der Waals surface area contributed by atoms with Crippen molar-refractivity contribution in [3.63, 3.8) is 0 Å². The Balaban J connectivity index is 1.73. The molecule has 1 heterocycles. The van der Waals surface area contributed by atoms with Gasteiger partial charge in [0.05, 0.1) is 18.0 Å². The first-order valence-corrected chi connectivity index (χ1v) is 12.3. The topological polar surface area (TPSA) is 75.7 Å². The Hall–Kier alpha value is -2.52. The summed E-state index contributed by atoms with van der Waals surface area (Å²) in [6.07, 6.45) is 0.744. The SMILES string of the molecule is COCCNS(=O)(=O)c1ccc(C(=O)N(CCc2ccccc2)Cc2cccs2)cc1. The molecular formula is C23H26N2O4S2. The fourth-order valence-electron chi connectivity index (χ4n) is 3.07. The van der Waals surface area contributed by atoms with Crippen molar-refractivity contribution >= 4 is 27.3 Å². The summed E-state index contributed by atoms with van der Waals surface area (Å²) in [6.45, 7) is 1.56. The molecule has 3 rings (SSSR count). The van der Waals surface area contributed by atoms with E-state index in [1.807, 2.05) is 47.8 Å². The van der Waals surface area contributed by atoms with Crippen molar-refractivity contribution in [2.24, 2.45) is 0 Å². The van der Waals surface area contributed by atoms with Crippen LogP contribution < -0.4 is 4.72 Å². The van der Waals surface area contributed by atoms with Crippen molar-refractivity contribution in [3.05, 3.63) is 88.1 Å². The number of nitrogens with zero attached hydrogens (tertiary/aromatic N) is 1. The number of carbonyl (C=O) groups is 1. The van der Waals surface area contributed by atoms with Crippen LogP contribution in [0.1, 0.15) is 20.8 Å². The van der Waals surface area contributed by atoms with E-state index in [2.05, 4.69) is 4.72 Å². The molecule has 1 amide bonds. The lowest BCUT2D eigenvalue weighted by atomic mass is 10.1. The minimum absolute atomic E-state index is 0.120. The smallest absolute Gasteiger partial charge is 0.254 e. The van der Waals surface area contributed by atoms with Crippen LogP contribution in [0.3, 0.4) is 0 Å². The van der Waals surface area contributed by atoms with Gasteiger partial charge in [-0.2, -0.15) is 0 Å². The lowest BCUT2D eigenvalue weighted by molar-refractivity contribution is 0.0746. The van der Waals surface area contributed by atoms with Crippen LogP contribution in [0.25, 0.3) is 0 Å². The standard InChI is InChI=1S/C23H26N2O4S2/c1-29-16-14-24-31(27,28)22-11-9-20(10-12-22)23(26)25(18-21-8-5-17-30-21)15-13-19-6-3-2-4-7-19/h2-12,17,24H,13-16,18H2,1H3. The molecule has 8 heteroatoms. The van der Waals surface area contributed by atoms with E-state index in [1.165, 1.54) is 19.2 Å². The molecular weight excluding hydrogens is 432 g/mol. The third kappa shape index (κ3) is 6.73. The number of hydrogen-bond acceptors (Lipinski definition) is 5. The Morgan fingerprint density at radius 2 is 1.77 bits per heavy atom. The normalized spacial score (nSPS) is 11.4. The van der Waals surface area contributed by atoms with Crippen molar-refractivity contribution in [3.8, 4) is 0 Å². The Labute approximate surface area is 187 Å². The predicted molar refractivity (Wildman–Crippen MR) is 123 cm³/mol. The number of hydrogen-bond donors (Lipinski definition) is 1. The molecule has 0 aliphatic rings. The molecule has 164 valence electrons. The number of nitrogens with one attached hydrogen (secondary N) is 1. The van der Waals surface area contributed by atoms with E-state index in [9.17, 15) is 13.2 Å². The highest BCUT2D eigenvalue weighted by Crippen LogP contribution is 2.17. The maximum absolute atomic E-state index is 13.2. The first-order chi connectivity index (χ1) is 15.0. The molecule has 0 aliphatic heterocycles. The quantitative estimate of drug-likeness (QED) is 0.446. The maximum Gasteiger partial charge on any atom is 0.254 e. The number of benzene rings is 2. The number of ether oxygens (including phenoxy) is 1. The van der Waals surface area contributed by atoms with E-state index in [4.69, 9.17) is 4.74 Å². The van der Waals surface area contributed by atoms with E-state index in [0.29, 0.717) is 18.7 Å². The molecule has 1 aromatic heterocycles. The van der Waals surface area contributed by atoms with Crippen LogP contribution in [0.5, 0.6) is 0 Å². The molecule has 0 fully saturated rings. The second-order valence-electron chi connectivity index (χ2n) is 6.96. The van der Waals surface area contributed by atoms with Gasteiger partial charge in [0.2, 0.25) is 10.0 Å². The number of thiophene rings is 1. The van der Waals surface area contributed by atoms with Crippen LogP contribution in [0.15, 0.2) is 77.0 Å². The molecule has 6 nitrogen and oxygen atoms in total. The van der Waals surface area contributed by atoms with Gasteiger partial charge in [-0.25, -0.2) is 13.1 Å². The Morgan fingerprint density at radius 1 is 1.03 bits per heavy atom. The first kappa shape index (κ1) is 23.1. The minimum Gasteiger partial charge on any atom is -0.383 e. The van der Waals surface area contributed by atoms with Crippen LogP contribution in [-0.2, 0) is 27.7 Å². The number of sulfonamides is 1.